The number of nitrogens with two attached hydrogens (primary N) is 1. The molecular weight excluding hydrogens is 398 g/mol. The van der Waals surface area contributed by atoms with Gasteiger partial charge in [0.15, 0.2) is 0 Å². The second-order valence-electron chi connectivity index (χ2n) is 11.7. The number of pyridine rings is 1. The van der Waals surface area contributed by atoms with Gasteiger partial charge in [0, 0.05) is 25.1 Å². The summed E-state index contributed by atoms with van der Waals surface area (Å²) in [6, 6.07) is 4.26. The van der Waals surface area contributed by atoms with E-state index in [0.717, 1.165) is 30.4 Å². The highest BCUT2D eigenvalue weighted by Gasteiger charge is 2.63. The van der Waals surface area contributed by atoms with Gasteiger partial charge >= 0.3 is 0 Å². The fourth-order valence-electron chi connectivity index (χ4n) is 8.95. The largest absolute Gasteiger partial charge is 0.370 e. The van der Waals surface area contributed by atoms with Crippen LogP contribution in [0.2, 0.25) is 0 Å². The zero-order valence-electron chi connectivity index (χ0n) is 19.9. The zero-order chi connectivity index (χ0) is 22.7. The van der Waals surface area contributed by atoms with Crippen molar-refractivity contribution in [2.45, 2.75) is 84.6 Å². The number of anilines is 1. The molecule has 0 radical (unpaired) electrons. The normalized spacial score (nSPS) is 43.3. The van der Waals surface area contributed by atoms with Crippen LogP contribution in [0, 0.1) is 40.4 Å². The van der Waals surface area contributed by atoms with Crippen LogP contribution in [-0.2, 0) is 9.59 Å². The van der Waals surface area contributed by atoms with Crippen molar-refractivity contribution >= 4 is 17.5 Å². The minimum atomic E-state index is -0.157. The molecule has 5 heteroatoms. The standard InChI is InChI=1S/C27H39N3O2/c1-17-15-25(32)30(19-5-4-14-29-16-19)23-10-8-20-21-9-6-18(7-11-24(28)31)26(21,2)13-12-22(20)27(17,23)3/h4-5,14,16-18,20-23H,6-13,15H2,1-3H3,(H2,28,31)/t17?,18-,20+,21+,22+,23-,26-,27-/m1/s1. The fourth-order valence-corrected chi connectivity index (χ4v) is 8.95. The van der Waals surface area contributed by atoms with E-state index in [1.807, 2.05) is 18.3 Å². The highest BCUT2D eigenvalue weighted by Crippen LogP contribution is 2.67. The van der Waals surface area contributed by atoms with Crippen molar-refractivity contribution in [1.29, 1.82) is 0 Å². The lowest BCUT2D eigenvalue weighted by Gasteiger charge is -2.64. The summed E-state index contributed by atoms with van der Waals surface area (Å²) in [5, 5.41) is 0. The number of nitrogens with zero attached hydrogens (tertiary/aromatic N) is 2. The molecule has 5 rings (SSSR count). The first-order valence-corrected chi connectivity index (χ1v) is 12.8. The zero-order valence-corrected chi connectivity index (χ0v) is 19.9. The Morgan fingerprint density at radius 1 is 1.19 bits per heavy atom. The van der Waals surface area contributed by atoms with Gasteiger partial charge in [0.2, 0.25) is 11.8 Å². The van der Waals surface area contributed by atoms with Gasteiger partial charge in [-0.1, -0.05) is 20.8 Å². The van der Waals surface area contributed by atoms with E-state index in [1.54, 1.807) is 6.20 Å². The molecule has 4 aliphatic rings. The maximum absolute atomic E-state index is 13.2. The fraction of sp³-hybridized carbons (Fsp3) is 0.741. The minimum absolute atomic E-state index is 0.138. The number of hydrogen-bond donors (Lipinski definition) is 1. The molecule has 2 N–H and O–H groups in total. The Morgan fingerprint density at radius 3 is 2.72 bits per heavy atom. The predicted molar refractivity (Wildman–Crippen MR) is 126 cm³/mol. The van der Waals surface area contributed by atoms with Crippen molar-refractivity contribution in [3.63, 3.8) is 0 Å². The predicted octanol–water partition coefficient (Wildman–Crippen LogP) is 4.95. The molecule has 1 saturated heterocycles. The smallest absolute Gasteiger partial charge is 0.227 e. The molecule has 174 valence electrons. The Bertz CT molecular complexity index is 888. The maximum atomic E-state index is 13.2. The Kier molecular flexibility index (Phi) is 5.37. The average molecular weight is 438 g/mol. The summed E-state index contributed by atoms with van der Waals surface area (Å²) in [6.45, 7) is 7.33. The minimum Gasteiger partial charge on any atom is -0.370 e. The van der Waals surface area contributed by atoms with Crippen molar-refractivity contribution in [3.8, 4) is 0 Å². The van der Waals surface area contributed by atoms with Crippen molar-refractivity contribution in [1.82, 2.24) is 4.98 Å². The van der Waals surface area contributed by atoms with Crippen molar-refractivity contribution in [2.75, 3.05) is 4.90 Å². The lowest BCUT2D eigenvalue weighted by Crippen LogP contribution is -2.65. The summed E-state index contributed by atoms with van der Waals surface area (Å²) in [4.78, 5) is 31.1. The van der Waals surface area contributed by atoms with Crippen LogP contribution >= 0.6 is 0 Å². The monoisotopic (exact) mass is 437 g/mol. The molecule has 0 bridgehead atoms. The summed E-state index contributed by atoms with van der Waals surface area (Å²) in [6.07, 6.45) is 13.1. The molecule has 2 amide bonds. The summed E-state index contributed by atoms with van der Waals surface area (Å²) < 4.78 is 0. The Morgan fingerprint density at radius 2 is 2.00 bits per heavy atom. The molecule has 3 saturated carbocycles. The van der Waals surface area contributed by atoms with E-state index >= 15 is 0 Å². The molecule has 5 nitrogen and oxygen atoms in total. The summed E-state index contributed by atoms with van der Waals surface area (Å²) in [5.74, 6) is 3.28. The number of piperidine rings is 1. The van der Waals surface area contributed by atoms with E-state index in [9.17, 15) is 9.59 Å². The van der Waals surface area contributed by atoms with Gasteiger partial charge in [-0.15, -0.1) is 0 Å². The topological polar surface area (TPSA) is 76.3 Å². The SMILES string of the molecule is CC1CC(=O)N(c2cccnc2)[C@@H]2CC[C@H]3[C@@H]4CC[C@H](CCC(N)=O)[C@@]4(C)CC[C@@H]3[C@@]12C. The first kappa shape index (κ1) is 21.9. The molecule has 0 aromatic carbocycles. The molecule has 8 atom stereocenters. The lowest BCUT2D eigenvalue weighted by atomic mass is 9.45. The van der Waals surface area contributed by atoms with Gasteiger partial charge in [-0.05, 0) is 97.5 Å². The molecule has 1 unspecified atom stereocenters. The summed E-state index contributed by atoms with van der Waals surface area (Å²) >= 11 is 0. The van der Waals surface area contributed by atoms with E-state index in [4.69, 9.17) is 5.73 Å². The molecule has 3 aliphatic carbocycles. The Labute approximate surface area is 192 Å². The average Bonchev–Trinajstić information content (AvgIpc) is 3.10. The number of primary amides is 1. The van der Waals surface area contributed by atoms with Gasteiger partial charge in [0.05, 0.1) is 11.9 Å². The van der Waals surface area contributed by atoms with Crippen LogP contribution in [0.1, 0.15) is 78.6 Å². The van der Waals surface area contributed by atoms with E-state index in [1.165, 1.54) is 32.1 Å². The number of carbonyl (C=O) groups excluding carboxylic acids is 2. The third-order valence-corrected chi connectivity index (χ3v) is 10.7. The van der Waals surface area contributed by atoms with Crippen LogP contribution in [0.15, 0.2) is 24.5 Å². The second-order valence-corrected chi connectivity index (χ2v) is 11.7. The third kappa shape index (κ3) is 3.13. The number of rotatable bonds is 4. The van der Waals surface area contributed by atoms with E-state index < -0.39 is 0 Å². The summed E-state index contributed by atoms with van der Waals surface area (Å²) in [7, 11) is 0. The molecule has 4 fully saturated rings. The number of hydrogen-bond acceptors (Lipinski definition) is 3. The number of aromatic nitrogens is 1. The van der Waals surface area contributed by atoms with Crippen molar-refractivity contribution < 1.29 is 9.59 Å². The van der Waals surface area contributed by atoms with Gasteiger partial charge in [-0.2, -0.15) is 0 Å². The van der Waals surface area contributed by atoms with Gasteiger partial charge in [0.1, 0.15) is 0 Å². The summed E-state index contributed by atoms with van der Waals surface area (Å²) in [5.41, 5.74) is 6.94. The van der Waals surface area contributed by atoms with Gasteiger partial charge in [-0.25, -0.2) is 0 Å². The van der Waals surface area contributed by atoms with Crippen LogP contribution in [-0.4, -0.2) is 22.8 Å². The first-order chi connectivity index (χ1) is 15.3. The third-order valence-electron chi connectivity index (χ3n) is 10.7. The van der Waals surface area contributed by atoms with Crippen LogP contribution < -0.4 is 10.6 Å². The lowest BCUT2D eigenvalue weighted by molar-refractivity contribution is -0.139. The van der Waals surface area contributed by atoms with Crippen LogP contribution in [0.4, 0.5) is 5.69 Å². The molecule has 2 heterocycles. The molecule has 1 aromatic rings. The van der Waals surface area contributed by atoms with E-state index in [-0.39, 0.29) is 23.3 Å². The molecule has 1 aromatic heterocycles. The first-order valence-electron chi connectivity index (χ1n) is 12.8. The van der Waals surface area contributed by atoms with E-state index in [2.05, 4.69) is 30.7 Å². The Hall–Kier alpha value is -1.91. The van der Waals surface area contributed by atoms with Crippen LogP contribution in [0.3, 0.4) is 0 Å². The van der Waals surface area contributed by atoms with Crippen molar-refractivity contribution in [3.05, 3.63) is 24.5 Å². The van der Waals surface area contributed by atoms with Gasteiger partial charge in [0.25, 0.3) is 0 Å². The van der Waals surface area contributed by atoms with Crippen LogP contribution in [0.25, 0.3) is 0 Å². The van der Waals surface area contributed by atoms with E-state index in [0.29, 0.717) is 36.0 Å². The second kappa shape index (κ2) is 7.85. The van der Waals surface area contributed by atoms with Gasteiger partial charge < -0.3 is 10.6 Å². The molecule has 1 aliphatic heterocycles. The number of amides is 2. The highest BCUT2D eigenvalue weighted by molar-refractivity contribution is 5.95. The molecular formula is C27H39N3O2. The quantitative estimate of drug-likeness (QED) is 0.724. The van der Waals surface area contributed by atoms with Crippen LogP contribution in [0.5, 0.6) is 0 Å². The van der Waals surface area contributed by atoms with Crippen molar-refractivity contribution in [2.24, 2.45) is 46.2 Å². The van der Waals surface area contributed by atoms with Gasteiger partial charge in [-0.3, -0.25) is 14.6 Å². The highest BCUT2D eigenvalue weighted by atomic mass is 16.2. The maximum Gasteiger partial charge on any atom is 0.227 e. The molecule has 0 spiro atoms. The number of carbonyl (C=O) groups is 2. The Balaban J connectivity index is 1.44. The number of fused-ring (bicyclic) bond motifs is 5. The molecule has 32 heavy (non-hydrogen) atoms.